The van der Waals surface area contributed by atoms with E-state index in [2.05, 4.69) is 216 Å². The van der Waals surface area contributed by atoms with Gasteiger partial charge in [0.15, 0.2) is 0 Å². The van der Waals surface area contributed by atoms with E-state index in [-0.39, 0.29) is 0 Å². The summed E-state index contributed by atoms with van der Waals surface area (Å²) in [6.07, 6.45) is 7.82. The van der Waals surface area contributed by atoms with E-state index in [0.717, 1.165) is 6.42 Å². The van der Waals surface area contributed by atoms with Gasteiger partial charge in [-0.05, 0) is 64.2 Å². The Hall–Kier alpha value is -7.16. The molecule has 0 bridgehead atoms. The van der Waals surface area contributed by atoms with Gasteiger partial charge in [0.1, 0.15) is 0 Å². The number of benzene rings is 9. The number of para-hydroxylation sites is 3. The molecule has 11 rings (SSSR count). The number of hydrogen-bond donors (Lipinski definition) is 0. The Morgan fingerprint density at radius 1 is 0.400 bits per heavy atom. The van der Waals surface area contributed by atoms with Gasteiger partial charge in [-0.15, -0.1) is 0 Å². The van der Waals surface area contributed by atoms with Gasteiger partial charge in [0.05, 0.1) is 22.1 Å². The minimum absolute atomic E-state index is 0.856. The maximum Gasteiger partial charge on any atom is 0.0626 e. The van der Waals surface area contributed by atoms with E-state index in [1.54, 1.807) is 0 Å². The van der Waals surface area contributed by atoms with Crippen LogP contribution in [-0.4, -0.2) is 9.13 Å². The van der Waals surface area contributed by atoms with E-state index < -0.39 is 0 Å². The lowest BCUT2D eigenvalue weighted by atomic mass is 9.89. The molecule has 0 saturated heterocycles. The van der Waals surface area contributed by atoms with Crippen LogP contribution in [0.2, 0.25) is 0 Å². The minimum Gasteiger partial charge on any atom is -0.315 e. The highest BCUT2D eigenvalue weighted by molar-refractivity contribution is 6.45. The molecule has 258 valence electrons. The van der Waals surface area contributed by atoms with E-state index in [9.17, 15) is 0 Å². The highest BCUT2D eigenvalue weighted by Crippen LogP contribution is 2.49. The number of aromatic nitrogens is 2. The number of nitrogens with zero attached hydrogens (tertiary/aromatic N) is 2. The molecule has 0 atom stereocenters. The Morgan fingerprint density at radius 2 is 0.873 bits per heavy atom. The van der Waals surface area contributed by atoms with Gasteiger partial charge in [0, 0.05) is 55.0 Å². The zero-order valence-electron chi connectivity index (χ0n) is 30.2. The third-order valence-electron chi connectivity index (χ3n) is 11.4. The van der Waals surface area contributed by atoms with Crippen LogP contribution in [0.1, 0.15) is 11.1 Å². The molecule has 0 fully saturated rings. The van der Waals surface area contributed by atoms with Crippen LogP contribution in [0.3, 0.4) is 0 Å². The maximum absolute atomic E-state index is 2.48. The fourth-order valence-corrected chi connectivity index (χ4v) is 9.04. The van der Waals surface area contributed by atoms with E-state index in [4.69, 9.17) is 0 Å². The topological polar surface area (TPSA) is 9.86 Å². The van der Waals surface area contributed by atoms with Crippen molar-refractivity contribution < 1.29 is 0 Å². The summed E-state index contributed by atoms with van der Waals surface area (Å²) in [5.41, 5.74) is 9.75. The molecule has 0 aliphatic heterocycles. The summed E-state index contributed by atoms with van der Waals surface area (Å²) in [5.74, 6) is 0. The molecule has 0 unspecified atom stereocenters. The zero-order chi connectivity index (χ0) is 36.3. The Balaban J connectivity index is 1.30. The van der Waals surface area contributed by atoms with Gasteiger partial charge in [-0.1, -0.05) is 170 Å². The Morgan fingerprint density at radius 3 is 1.53 bits per heavy atom. The largest absolute Gasteiger partial charge is 0.315 e. The average molecular weight is 701 g/mol. The van der Waals surface area contributed by atoms with Gasteiger partial charge < -0.3 is 9.13 Å². The lowest BCUT2D eigenvalue weighted by Crippen LogP contribution is -1.95. The molecule has 2 aromatic heterocycles. The first kappa shape index (κ1) is 31.4. The van der Waals surface area contributed by atoms with Crippen molar-refractivity contribution in [2.24, 2.45) is 0 Å². The van der Waals surface area contributed by atoms with Crippen LogP contribution in [0.5, 0.6) is 0 Å². The van der Waals surface area contributed by atoms with E-state index in [0.29, 0.717) is 0 Å². The van der Waals surface area contributed by atoms with Crippen LogP contribution in [0.4, 0.5) is 0 Å². The van der Waals surface area contributed by atoms with Crippen molar-refractivity contribution in [3.63, 3.8) is 0 Å². The molecule has 0 saturated carbocycles. The van der Waals surface area contributed by atoms with Crippen molar-refractivity contribution in [2.75, 3.05) is 0 Å². The molecule has 0 amide bonds. The SMILES string of the molecule is C(=C\n1c2ccccc2c2c3c4ccccc4c4c(c5ccccc5n4-c4ccccc4)c3c3ccccc3c21)/C(=C\Cc1ccccc1)c1ccccc1. The first-order chi connectivity index (χ1) is 27.3. The summed E-state index contributed by atoms with van der Waals surface area (Å²) in [6.45, 7) is 0. The van der Waals surface area contributed by atoms with Crippen molar-refractivity contribution in [3.8, 4) is 5.69 Å². The molecule has 0 spiro atoms. The summed E-state index contributed by atoms with van der Waals surface area (Å²) >= 11 is 0. The van der Waals surface area contributed by atoms with Gasteiger partial charge in [-0.3, -0.25) is 0 Å². The summed E-state index contributed by atoms with van der Waals surface area (Å²) in [6, 6.07) is 68.3. The predicted molar refractivity (Wildman–Crippen MR) is 236 cm³/mol. The highest BCUT2D eigenvalue weighted by Gasteiger charge is 2.24. The first-order valence-electron chi connectivity index (χ1n) is 19.1. The van der Waals surface area contributed by atoms with Crippen molar-refractivity contribution in [1.29, 1.82) is 0 Å². The summed E-state index contributed by atoms with van der Waals surface area (Å²) in [7, 11) is 0. The Labute approximate surface area is 319 Å². The molecule has 0 aliphatic carbocycles. The van der Waals surface area contributed by atoms with Gasteiger partial charge in [-0.25, -0.2) is 0 Å². The standard InChI is InChI=1S/C53H36N2/c1-4-18-36(19-5-1)32-33-38(37-20-6-2-7-21-37)34-35-54-46-30-16-14-28-44(46)50-48-41-25-11-13-27-43(41)53-51(49(48)40-24-10-12-26-42(40)52(50)54)45-29-15-17-31-47(45)55(53)39-22-8-3-9-23-39/h1-31,33-35H,32H2/b35-34+,38-33+. The predicted octanol–water partition coefficient (Wildman–Crippen LogP) is 14.1. The lowest BCUT2D eigenvalue weighted by Gasteiger charge is -2.16. The quantitative estimate of drug-likeness (QED) is 0.121. The van der Waals surface area contributed by atoms with Gasteiger partial charge in [0.2, 0.25) is 0 Å². The second-order valence-electron chi connectivity index (χ2n) is 14.4. The highest BCUT2D eigenvalue weighted by atomic mass is 15.0. The lowest BCUT2D eigenvalue weighted by molar-refractivity contribution is 1.19. The molecule has 0 radical (unpaired) electrons. The summed E-state index contributed by atoms with van der Waals surface area (Å²) < 4.78 is 4.92. The fraction of sp³-hybridized carbons (Fsp3) is 0.0189. The van der Waals surface area contributed by atoms with Crippen LogP contribution in [0.15, 0.2) is 200 Å². The van der Waals surface area contributed by atoms with Crippen LogP contribution in [0.25, 0.3) is 93.4 Å². The molecular weight excluding hydrogens is 665 g/mol. The fourth-order valence-electron chi connectivity index (χ4n) is 9.04. The molecule has 2 heterocycles. The van der Waals surface area contributed by atoms with Crippen molar-refractivity contribution in [3.05, 3.63) is 211 Å². The zero-order valence-corrected chi connectivity index (χ0v) is 30.2. The Bertz CT molecular complexity index is 3310. The van der Waals surface area contributed by atoms with Gasteiger partial charge >= 0.3 is 0 Å². The molecular formula is C53H36N2. The minimum atomic E-state index is 0.856. The van der Waals surface area contributed by atoms with Crippen LogP contribution < -0.4 is 0 Å². The number of allylic oxidation sites excluding steroid dienone is 3. The molecule has 2 heteroatoms. The van der Waals surface area contributed by atoms with Crippen molar-refractivity contribution in [1.82, 2.24) is 9.13 Å². The van der Waals surface area contributed by atoms with Crippen LogP contribution >= 0.6 is 0 Å². The second kappa shape index (κ2) is 12.8. The van der Waals surface area contributed by atoms with Crippen LogP contribution in [-0.2, 0) is 6.42 Å². The summed E-state index contributed by atoms with van der Waals surface area (Å²) in [5, 5.41) is 12.7. The van der Waals surface area contributed by atoms with E-state index in [1.165, 1.54) is 98.3 Å². The normalized spacial score (nSPS) is 12.5. The second-order valence-corrected chi connectivity index (χ2v) is 14.4. The smallest absolute Gasteiger partial charge is 0.0626 e. The van der Waals surface area contributed by atoms with Gasteiger partial charge in [0.25, 0.3) is 0 Å². The molecule has 0 N–H and O–H groups in total. The summed E-state index contributed by atoms with van der Waals surface area (Å²) in [4.78, 5) is 0. The van der Waals surface area contributed by atoms with Crippen LogP contribution in [0, 0.1) is 0 Å². The molecule has 9 aromatic carbocycles. The molecule has 55 heavy (non-hydrogen) atoms. The third kappa shape index (κ3) is 4.89. The van der Waals surface area contributed by atoms with Crippen molar-refractivity contribution >= 4 is 87.7 Å². The number of hydrogen-bond acceptors (Lipinski definition) is 0. The van der Waals surface area contributed by atoms with E-state index in [1.807, 2.05) is 0 Å². The number of rotatable bonds is 6. The van der Waals surface area contributed by atoms with Crippen molar-refractivity contribution in [2.45, 2.75) is 6.42 Å². The Kier molecular flexibility index (Phi) is 7.28. The van der Waals surface area contributed by atoms with E-state index >= 15 is 0 Å². The van der Waals surface area contributed by atoms with Gasteiger partial charge in [-0.2, -0.15) is 0 Å². The monoisotopic (exact) mass is 700 g/mol. The molecule has 0 aliphatic rings. The maximum atomic E-state index is 2.48. The third-order valence-corrected chi connectivity index (χ3v) is 11.4. The number of fused-ring (bicyclic) bond motifs is 15. The average Bonchev–Trinajstić information content (AvgIpc) is 3.78. The molecule has 11 aromatic rings. The first-order valence-corrected chi connectivity index (χ1v) is 19.1. The molecule has 2 nitrogen and oxygen atoms in total.